The monoisotopic (exact) mass is 379 g/mol. The Morgan fingerprint density at radius 1 is 0.929 bits per heavy atom. The van der Waals surface area contributed by atoms with Crippen molar-refractivity contribution in [1.29, 1.82) is 0 Å². The topological polar surface area (TPSA) is 92.6 Å². The van der Waals surface area contributed by atoms with Gasteiger partial charge in [0.2, 0.25) is 5.91 Å². The number of nitrogens with one attached hydrogen (secondary N) is 3. The molecular formula is C21H21N3O4. The highest BCUT2D eigenvalue weighted by molar-refractivity contribution is 5.93. The van der Waals surface area contributed by atoms with Crippen LogP contribution < -0.4 is 20.7 Å². The molecule has 144 valence electrons. The minimum absolute atomic E-state index is 0.123. The number of hydrogen-bond acceptors (Lipinski definition) is 4. The summed E-state index contributed by atoms with van der Waals surface area (Å²) >= 11 is 0. The lowest BCUT2D eigenvalue weighted by Crippen LogP contribution is -2.27. The van der Waals surface area contributed by atoms with Gasteiger partial charge in [0.1, 0.15) is 11.5 Å². The number of amides is 3. The van der Waals surface area contributed by atoms with Crippen molar-refractivity contribution in [3.63, 3.8) is 0 Å². The highest BCUT2D eigenvalue weighted by atomic mass is 16.5. The zero-order chi connectivity index (χ0) is 19.8. The molecule has 0 radical (unpaired) electrons. The molecule has 0 aliphatic heterocycles. The first-order valence-corrected chi connectivity index (χ1v) is 8.72. The summed E-state index contributed by atoms with van der Waals surface area (Å²) < 4.78 is 10.3. The lowest BCUT2D eigenvalue weighted by molar-refractivity contribution is -0.115. The van der Waals surface area contributed by atoms with Gasteiger partial charge in [-0.1, -0.05) is 12.1 Å². The van der Waals surface area contributed by atoms with Gasteiger partial charge in [-0.15, -0.1) is 0 Å². The molecule has 2 aromatic carbocycles. The van der Waals surface area contributed by atoms with Crippen LogP contribution in [0.2, 0.25) is 0 Å². The van der Waals surface area contributed by atoms with Crippen molar-refractivity contribution in [2.75, 3.05) is 17.7 Å². The quantitative estimate of drug-likeness (QED) is 0.582. The number of carbonyl (C=O) groups is 2. The third-order valence-corrected chi connectivity index (χ3v) is 3.95. The zero-order valence-electron chi connectivity index (χ0n) is 15.4. The predicted octanol–water partition coefficient (Wildman–Crippen LogP) is 3.79. The fourth-order valence-corrected chi connectivity index (χ4v) is 2.53. The molecule has 0 unspecified atom stereocenters. The van der Waals surface area contributed by atoms with Gasteiger partial charge in [-0.05, 0) is 54.1 Å². The van der Waals surface area contributed by atoms with Gasteiger partial charge in [-0.2, -0.15) is 0 Å². The molecule has 3 rings (SSSR count). The average Bonchev–Trinajstić information content (AvgIpc) is 3.22. The van der Waals surface area contributed by atoms with Crippen molar-refractivity contribution in [2.45, 2.75) is 13.0 Å². The van der Waals surface area contributed by atoms with Crippen LogP contribution in [0.25, 0.3) is 0 Å². The summed E-state index contributed by atoms with van der Waals surface area (Å²) in [6.07, 6.45) is 1.82. The number of rotatable bonds is 7. The van der Waals surface area contributed by atoms with E-state index in [2.05, 4.69) is 16.0 Å². The van der Waals surface area contributed by atoms with Crippen molar-refractivity contribution in [3.8, 4) is 5.75 Å². The molecule has 3 N–H and O–H groups in total. The van der Waals surface area contributed by atoms with E-state index in [-0.39, 0.29) is 18.4 Å². The lowest BCUT2D eigenvalue weighted by Gasteiger charge is -2.09. The standard InChI is InChI=1S/C21H21N3O4/c1-27-18-10-4-15(5-11-18)13-20(25)23-16-6-8-17(9-7-16)24-21(26)22-14-19-3-2-12-28-19/h2-12H,13-14H2,1H3,(H,23,25)(H2,22,24,26). The minimum atomic E-state index is -0.340. The van der Waals surface area contributed by atoms with Crippen LogP contribution >= 0.6 is 0 Å². The maximum atomic E-state index is 12.2. The van der Waals surface area contributed by atoms with E-state index in [4.69, 9.17) is 9.15 Å². The van der Waals surface area contributed by atoms with Gasteiger partial charge in [0.15, 0.2) is 0 Å². The molecule has 0 saturated heterocycles. The molecule has 0 aliphatic rings. The summed E-state index contributed by atoms with van der Waals surface area (Å²) in [7, 11) is 1.60. The zero-order valence-corrected chi connectivity index (χ0v) is 15.4. The van der Waals surface area contributed by atoms with Crippen LogP contribution in [0.3, 0.4) is 0 Å². The normalized spacial score (nSPS) is 10.2. The Hall–Kier alpha value is -3.74. The number of benzene rings is 2. The Balaban J connectivity index is 1.46. The molecule has 0 atom stereocenters. The maximum Gasteiger partial charge on any atom is 0.319 e. The highest BCUT2D eigenvalue weighted by Gasteiger charge is 2.06. The Morgan fingerprint density at radius 3 is 2.21 bits per heavy atom. The Labute approximate surface area is 162 Å². The van der Waals surface area contributed by atoms with Crippen LogP contribution in [0.1, 0.15) is 11.3 Å². The summed E-state index contributed by atoms with van der Waals surface area (Å²) in [6.45, 7) is 0.304. The van der Waals surface area contributed by atoms with Gasteiger partial charge < -0.3 is 25.1 Å². The predicted molar refractivity (Wildman–Crippen MR) is 106 cm³/mol. The van der Waals surface area contributed by atoms with Crippen molar-refractivity contribution in [1.82, 2.24) is 5.32 Å². The SMILES string of the molecule is COc1ccc(CC(=O)Nc2ccc(NC(=O)NCc3ccco3)cc2)cc1. The summed E-state index contributed by atoms with van der Waals surface area (Å²) in [5, 5.41) is 8.24. The van der Waals surface area contributed by atoms with E-state index in [0.717, 1.165) is 11.3 Å². The second-order valence-corrected chi connectivity index (χ2v) is 6.04. The number of carbonyl (C=O) groups excluding carboxylic acids is 2. The Morgan fingerprint density at radius 2 is 1.61 bits per heavy atom. The van der Waals surface area contributed by atoms with Crippen LogP contribution in [0.4, 0.5) is 16.2 Å². The summed E-state index contributed by atoms with van der Waals surface area (Å²) in [4.78, 5) is 24.0. The van der Waals surface area contributed by atoms with Crippen molar-refractivity contribution in [2.24, 2.45) is 0 Å². The van der Waals surface area contributed by atoms with E-state index in [9.17, 15) is 9.59 Å². The van der Waals surface area contributed by atoms with Crippen molar-refractivity contribution >= 4 is 23.3 Å². The first-order chi connectivity index (χ1) is 13.6. The Kier molecular flexibility index (Phi) is 6.30. The van der Waals surface area contributed by atoms with Crippen molar-refractivity contribution in [3.05, 3.63) is 78.3 Å². The molecule has 3 aromatic rings. The average molecular weight is 379 g/mol. The molecule has 0 fully saturated rings. The molecule has 28 heavy (non-hydrogen) atoms. The molecule has 7 nitrogen and oxygen atoms in total. The molecule has 1 heterocycles. The van der Waals surface area contributed by atoms with E-state index < -0.39 is 0 Å². The third-order valence-electron chi connectivity index (χ3n) is 3.95. The fraction of sp³-hybridized carbons (Fsp3) is 0.143. The molecular weight excluding hydrogens is 358 g/mol. The van der Waals surface area contributed by atoms with Gasteiger partial charge in [0.05, 0.1) is 26.3 Å². The van der Waals surface area contributed by atoms with Gasteiger partial charge in [-0.25, -0.2) is 4.79 Å². The molecule has 3 amide bonds. The van der Waals surface area contributed by atoms with E-state index in [1.807, 2.05) is 24.3 Å². The number of methoxy groups -OCH3 is 1. The first kappa shape index (κ1) is 19.0. The largest absolute Gasteiger partial charge is 0.497 e. The molecule has 0 bridgehead atoms. The third kappa shape index (κ3) is 5.63. The highest BCUT2D eigenvalue weighted by Crippen LogP contribution is 2.15. The smallest absolute Gasteiger partial charge is 0.319 e. The second kappa shape index (κ2) is 9.27. The van der Waals surface area contributed by atoms with Gasteiger partial charge >= 0.3 is 6.03 Å². The van der Waals surface area contributed by atoms with E-state index in [1.165, 1.54) is 0 Å². The molecule has 0 aliphatic carbocycles. The van der Waals surface area contributed by atoms with E-state index >= 15 is 0 Å². The maximum absolute atomic E-state index is 12.2. The molecule has 0 saturated carbocycles. The van der Waals surface area contributed by atoms with Crippen LogP contribution in [0.15, 0.2) is 71.3 Å². The minimum Gasteiger partial charge on any atom is -0.497 e. The summed E-state index contributed by atoms with van der Waals surface area (Å²) in [5.74, 6) is 1.30. The number of furan rings is 1. The molecule has 0 spiro atoms. The van der Waals surface area contributed by atoms with Gasteiger partial charge in [0, 0.05) is 11.4 Å². The van der Waals surface area contributed by atoms with Gasteiger partial charge in [0.25, 0.3) is 0 Å². The molecule has 7 heteroatoms. The Bertz CT molecular complexity index is 904. The summed E-state index contributed by atoms with van der Waals surface area (Å²) in [6, 6.07) is 17.4. The van der Waals surface area contributed by atoms with Gasteiger partial charge in [-0.3, -0.25) is 4.79 Å². The van der Waals surface area contributed by atoms with Crippen LogP contribution in [-0.2, 0) is 17.8 Å². The van der Waals surface area contributed by atoms with Crippen LogP contribution in [0, 0.1) is 0 Å². The summed E-state index contributed by atoms with van der Waals surface area (Å²) in [5.41, 5.74) is 2.16. The second-order valence-electron chi connectivity index (χ2n) is 6.04. The number of urea groups is 1. The van der Waals surface area contributed by atoms with E-state index in [1.54, 1.807) is 49.8 Å². The van der Waals surface area contributed by atoms with E-state index in [0.29, 0.717) is 23.7 Å². The fourth-order valence-electron chi connectivity index (χ4n) is 2.53. The lowest BCUT2D eigenvalue weighted by atomic mass is 10.1. The number of hydrogen-bond donors (Lipinski definition) is 3. The number of anilines is 2. The molecule has 1 aromatic heterocycles. The number of ether oxygens (including phenoxy) is 1. The van der Waals surface area contributed by atoms with Crippen LogP contribution in [0.5, 0.6) is 5.75 Å². The van der Waals surface area contributed by atoms with Crippen molar-refractivity contribution < 1.29 is 18.7 Å². The van der Waals surface area contributed by atoms with Crippen LogP contribution in [-0.4, -0.2) is 19.0 Å². The first-order valence-electron chi connectivity index (χ1n) is 8.72.